The molecule has 1 unspecified atom stereocenters. The Morgan fingerprint density at radius 2 is 1.64 bits per heavy atom. The number of urea groups is 1. The highest BCUT2D eigenvalue weighted by Gasteiger charge is 2.32. The number of carbonyl (C=O) groups excluding carboxylic acids is 1. The molecular weight excluding hydrogens is 417 g/mol. The summed E-state index contributed by atoms with van der Waals surface area (Å²) >= 11 is 18.6. The van der Waals surface area contributed by atoms with E-state index in [1.165, 1.54) is 0 Å². The number of benzene rings is 2. The molecule has 0 radical (unpaired) electrons. The highest BCUT2D eigenvalue weighted by molar-refractivity contribution is 6.36. The summed E-state index contributed by atoms with van der Waals surface area (Å²) < 4.78 is 0. The number of nitrogens with zero attached hydrogens (tertiary/aromatic N) is 2. The summed E-state index contributed by atoms with van der Waals surface area (Å²) in [7, 11) is 0. The number of hydrogen-bond acceptors (Lipinski definition) is 2. The van der Waals surface area contributed by atoms with Crippen molar-refractivity contribution in [3.63, 3.8) is 0 Å². The summed E-state index contributed by atoms with van der Waals surface area (Å²) in [6.45, 7) is 7.74. The largest absolute Gasteiger partial charge is 0.360 e. The average molecular weight is 441 g/mol. The molecule has 0 bridgehead atoms. The molecule has 7 heteroatoms. The van der Waals surface area contributed by atoms with Crippen LogP contribution in [0.4, 0.5) is 10.5 Å². The summed E-state index contributed by atoms with van der Waals surface area (Å²) in [4.78, 5) is 16.8. The molecule has 4 nitrogen and oxygen atoms in total. The van der Waals surface area contributed by atoms with Crippen molar-refractivity contribution in [2.45, 2.75) is 32.4 Å². The molecule has 1 aliphatic heterocycles. The van der Waals surface area contributed by atoms with Crippen molar-refractivity contribution in [3.05, 3.63) is 63.1 Å². The van der Waals surface area contributed by atoms with Gasteiger partial charge in [-0.15, -0.1) is 0 Å². The molecule has 1 aliphatic rings. The normalized spacial score (nSPS) is 17.6. The third-order valence-electron chi connectivity index (χ3n) is 4.62. The van der Waals surface area contributed by atoms with Gasteiger partial charge in [-0.25, -0.2) is 4.79 Å². The third-order valence-corrected chi connectivity index (χ3v) is 5.41. The van der Waals surface area contributed by atoms with Crippen molar-refractivity contribution in [1.82, 2.24) is 10.2 Å². The van der Waals surface area contributed by atoms with Gasteiger partial charge in [0.1, 0.15) is 0 Å². The summed E-state index contributed by atoms with van der Waals surface area (Å²) in [5.74, 6) is 0. The van der Waals surface area contributed by atoms with Crippen molar-refractivity contribution in [2.24, 2.45) is 0 Å². The number of halogens is 3. The predicted molar refractivity (Wildman–Crippen MR) is 118 cm³/mol. The molecule has 0 aromatic heterocycles. The minimum absolute atomic E-state index is 0.0459. The highest BCUT2D eigenvalue weighted by atomic mass is 35.5. The lowest BCUT2D eigenvalue weighted by Crippen LogP contribution is -2.56. The first kappa shape index (κ1) is 21.1. The summed E-state index contributed by atoms with van der Waals surface area (Å²) in [5, 5.41) is 4.92. The van der Waals surface area contributed by atoms with Crippen molar-refractivity contribution in [1.29, 1.82) is 0 Å². The molecule has 0 aliphatic carbocycles. The van der Waals surface area contributed by atoms with Crippen LogP contribution in [-0.4, -0.2) is 36.1 Å². The highest BCUT2D eigenvalue weighted by Crippen LogP contribution is 2.36. The number of piperazine rings is 1. The molecule has 150 valence electrons. The zero-order valence-corrected chi connectivity index (χ0v) is 18.4. The maximum absolute atomic E-state index is 12.7. The van der Waals surface area contributed by atoms with Crippen LogP contribution in [0.15, 0.2) is 42.5 Å². The predicted octanol–water partition coefficient (Wildman–Crippen LogP) is 6.02. The quantitative estimate of drug-likeness (QED) is 0.620. The van der Waals surface area contributed by atoms with Gasteiger partial charge in [0.2, 0.25) is 0 Å². The molecule has 2 aromatic rings. The second-order valence-electron chi connectivity index (χ2n) is 7.98. The van der Waals surface area contributed by atoms with Crippen LogP contribution in [0.1, 0.15) is 32.4 Å². The zero-order chi connectivity index (χ0) is 20.5. The molecule has 28 heavy (non-hydrogen) atoms. The number of anilines is 1. The van der Waals surface area contributed by atoms with Crippen LogP contribution >= 0.6 is 34.8 Å². The number of hydrogen-bond donors (Lipinski definition) is 1. The minimum Gasteiger partial charge on any atom is -0.360 e. The molecule has 1 atom stereocenters. The van der Waals surface area contributed by atoms with Gasteiger partial charge in [-0.1, -0.05) is 46.9 Å². The SMILES string of the molecule is CC(C)(C)NC(=O)N1CCN(c2ccc(Cl)cc2Cl)C(c2ccc(Cl)cc2)C1. The molecule has 1 saturated heterocycles. The van der Waals surface area contributed by atoms with Gasteiger partial charge < -0.3 is 15.1 Å². The lowest BCUT2D eigenvalue weighted by Gasteiger charge is -2.44. The average Bonchev–Trinajstić information content (AvgIpc) is 2.61. The van der Waals surface area contributed by atoms with Crippen molar-refractivity contribution >= 4 is 46.5 Å². The molecule has 3 rings (SSSR count). The Hall–Kier alpha value is -1.62. The molecule has 1 fully saturated rings. The number of rotatable bonds is 2. The minimum atomic E-state index is -0.288. The molecule has 1 N–H and O–H groups in total. The summed E-state index contributed by atoms with van der Waals surface area (Å²) in [6, 6.07) is 13.1. The Morgan fingerprint density at radius 1 is 1.00 bits per heavy atom. The first-order valence-corrected chi connectivity index (χ1v) is 10.3. The van der Waals surface area contributed by atoms with Crippen molar-refractivity contribution < 1.29 is 4.79 Å². The van der Waals surface area contributed by atoms with Gasteiger partial charge in [-0.3, -0.25) is 0 Å². The Bertz CT molecular complexity index is 849. The lowest BCUT2D eigenvalue weighted by atomic mass is 10.0. The number of nitrogens with one attached hydrogen (secondary N) is 1. The lowest BCUT2D eigenvalue weighted by molar-refractivity contribution is 0.176. The van der Waals surface area contributed by atoms with Crippen molar-refractivity contribution in [2.75, 3.05) is 24.5 Å². The molecule has 0 spiro atoms. The van der Waals surface area contributed by atoms with Gasteiger partial charge in [0, 0.05) is 35.2 Å². The first-order chi connectivity index (χ1) is 13.1. The van der Waals surface area contributed by atoms with E-state index in [1.54, 1.807) is 6.07 Å². The van der Waals surface area contributed by atoms with E-state index in [4.69, 9.17) is 34.8 Å². The number of carbonyl (C=O) groups is 1. The summed E-state index contributed by atoms with van der Waals surface area (Å²) in [5.41, 5.74) is 1.69. The van der Waals surface area contributed by atoms with E-state index < -0.39 is 0 Å². The van der Waals surface area contributed by atoms with Crippen LogP contribution < -0.4 is 10.2 Å². The fourth-order valence-corrected chi connectivity index (χ4v) is 3.98. The maximum atomic E-state index is 12.7. The Kier molecular flexibility index (Phi) is 6.33. The summed E-state index contributed by atoms with van der Waals surface area (Å²) in [6.07, 6.45) is 0. The van der Waals surface area contributed by atoms with Gasteiger partial charge in [0.05, 0.1) is 16.8 Å². The van der Waals surface area contributed by atoms with Gasteiger partial charge in [-0.05, 0) is 56.7 Å². The Morgan fingerprint density at radius 3 is 2.25 bits per heavy atom. The fraction of sp³-hybridized carbons (Fsp3) is 0.381. The van der Waals surface area contributed by atoms with Crippen LogP contribution in [0.25, 0.3) is 0 Å². The van der Waals surface area contributed by atoms with Gasteiger partial charge in [-0.2, -0.15) is 0 Å². The van der Waals surface area contributed by atoms with E-state index in [-0.39, 0.29) is 17.6 Å². The second-order valence-corrected chi connectivity index (χ2v) is 9.26. The smallest absolute Gasteiger partial charge is 0.317 e. The standard InChI is InChI=1S/C21H24Cl3N3O/c1-21(2,3)25-20(28)26-10-11-27(18-9-8-16(23)12-17(18)24)19(13-26)14-4-6-15(22)7-5-14/h4-9,12,19H,10-11,13H2,1-3H3,(H,25,28). The maximum Gasteiger partial charge on any atom is 0.317 e. The van der Waals surface area contributed by atoms with Crippen LogP contribution in [-0.2, 0) is 0 Å². The molecule has 0 saturated carbocycles. The van der Waals surface area contributed by atoms with Crippen LogP contribution in [0.5, 0.6) is 0 Å². The fourth-order valence-electron chi connectivity index (χ4n) is 3.34. The van der Waals surface area contributed by atoms with E-state index in [0.29, 0.717) is 34.7 Å². The Labute approximate surface area is 181 Å². The van der Waals surface area contributed by atoms with Gasteiger partial charge in [0.15, 0.2) is 0 Å². The van der Waals surface area contributed by atoms with Crippen LogP contribution in [0, 0.1) is 0 Å². The van der Waals surface area contributed by atoms with E-state index >= 15 is 0 Å². The first-order valence-electron chi connectivity index (χ1n) is 9.18. The molecular formula is C21H24Cl3N3O. The van der Waals surface area contributed by atoms with E-state index in [2.05, 4.69) is 10.2 Å². The van der Waals surface area contributed by atoms with E-state index in [9.17, 15) is 4.79 Å². The van der Waals surface area contributed by atoms with Crippen LogP contribution in [0.2, 0.25) is 15.1 Å². The van der Waals surface area contributed by atoms with Gasteiger partial charge in [0.25, 0.3) is 0 Å². The third kappa shape index (κ3) is 5.05. The number of amides is 2. The van der Waals surface area contributed by atoms with Gasteiger partial charge >= 0.3 is 6.03 Å². The topological polar surface area (TPSA) is 35.6 Å². The van der Waals surface area contributed by atoms with E-state index in [0.717, 1.165) is 11.3 Å². The molecule has 2 amide bonds. The monoisotopic (exact) mass is 439 g/mol. The van der Waals surface area contributed by atoms with Crippen molar-refractivity contribution in [3.8, 4) is 0 Å². The Balaban J connectivity index is 1.92. The molecule has 1 heterocycles. The van der Waals surface area contributed by atoms with Crippen LogP contribution in [0.3, 0.4) is 0 Å². The van der Waals surface area contributed by atoms with E-state index in [1.807, 2.05) is 62.1 Å². The second kappa shape index (κ2) is 8.40. The molecule has 2 aromatic carbocycles. The zero-order valence-electron chi connectivity index (χ0n) is 16.2.